The van der Waals surface area contributed by atoms with Gasteiger partial charge in [0.05, 0.1) is 17.9 Å². The van der Waals surface area contributed by atoms with E-state index < -0.39 is 50.4 Å². The van der Waals surface area contributed by atoms with E-state index in [4.69, 9.17) is 11.6 Å². The van der Waals surface area contributed by atoms with E-state index in [0.29, 0.717) is 37.2 Å². The molecule has 224 valence electrons. The highest BCUT2D eigenvalue weighted by molar-refractivity contribution is 7.89. The van der Waals surface area contributed by atoms with E-state index in [1.54, 1.807) is 24.0 Å². The number of sulfonamides is 1. The minimum Gasteiger partial charge on any atom is -0.394 e. The number of aromatic nitrogens is 1. The first-order chi connectivity index (χ1) is 19.9. The Balaban J connectivity index is 1.68. The molecule has 1 aliphatic rings. The summed E-state index contributed by atoms with van der Waals surface area (Å²) < 4.78 is 55.6. The third kappa shape index (κ3) is 6.86. The van der Waals surface area contributed by atoms with Crippen molar-refractivity contribution in [2.75, 3.05) is 32.1 Å². The smallest absolute Gasteiger partial charge is 0.260 e. The molecule has 0 bridgehead atoms. The summed E-state index contributed by atoms with van der Waals surface area (Å²) in [5, 5.41) is 13.6. The fourth-order valence-electron chi connectivity index (χ4n) is 4.76. The Morgan fingerprint density at radius 3 is 2.36 bits per heavy atom. The number of hydrogen-bond donors (Lipinski definition) is 4. The Morgan fingerprint density at radius 2 is 1.76 bits per heavy atom. The number of aliphatic hydroxyl groups excluding tert-OH is 1. The Morgan fingerprint density at radius 1 is 1.12 bits per heavy atom. The van der Waals surface area contributed by atoms with Crippen LogP contribution in [0.5, 0.6) is 0 Å². The number of aliphatic hydroxyl groups is 1. The molecule has 1 atom stereocenters. The molecule has 1 aliphatic heterocycles. The van der Waals surface area contributed by atoms with Gasteiger partial charge in [-0.3, -0.25) is 9.59 Å². The normalized spacial score (nSPS) is 14.9. The fourth-order valence-corrected chi connectivity index (χ4v) is 6.46. The molecule has 1 fully saturated rings. The van der Waals surface area contributed by atoms with Crippen molar-refractivity contribution in [3.63, 3.8) is 0 Å². The van der Waals surface area contributed by atoms with Crippen molar-refractivity contribution in [1.29, 1.82) is 0 Å². The van der Waals surface area contributed by atoms with E-state index >= 15 is 0 Å². The maximum Gasteiger partial charge on any atom is 0.260 e. The molecule has 4 N–H and O–H groups in total. The lowest BCUT2D eigenvalue weighted by Crippen LogP contribution is -2.48. The molecule has 2 amide bonds. The lowest BCUT2D eigenvalue weighted by molar-refractivity contribution is -0.123. The minimum atomic E-state index is -4.56. The molecular formula is C28H30ClF2N5O5S. The van der Waals surface area contributed by atoms with Crippen molar-refractivity contribution in [3.05, 3.63) is 82.0 Å². The first-order valence-corrected chi connectivity index (χ1v) is 14.9. The van der Waals surface area contributed by atoms with Crippen LogP contribution in [0, 0.1) is 18.6 Å². The Hall–Kier alpha value is -3.65. The summed E-state index contributed by atoms with van der Waals surface area (Å²) in [6.07, 6.45) is 2.32. The number of piperidine rings is 1. The number of nitrogens with one attached hydrogen (secondary N) is 3. The zero-order valence-corrected chi connectivity index (χ0v) is 24.4. The summed E-state index contributed by atoms with van der Waals surface area (Å²) >= 11 is 6.59. The third-order valence-corrected chi connectivity index (χ3v) is 8.98. The third-order valence-electron chi connectivity index (χ3n) is 7.09. The van der Waals surface area contributed by atoms with E-state index in [2.05, 4.69) is 20.3 Å². The SMILES string of the molecule is CNC(=O)C(CO)NS(=O)(=O)c1ncc(C(=O)N2CCC(c3ccc(F)cc3)CC2)c(Nc2ccc(F)cc2C)c1Cl. The number of rotatable bonds is 9. The Bertz CT molecular complexity index is 1580. The Kier molecular flexibility index (Phi) is 9.77. The molecule has 1 saturated heterocycles. The van der Waals surface area contributed by atoms with Gasteiger partial charge in [0.25, 0.3) is 15.9 Å². The number of likely N-dealkylation sites (tertiary alicyclic amines) is 1. The number of carbonyl (C=O) groups excluding carboxylic acids is 2. The van der Waals surface area contributed by atoms with Crippen LogP contribution in [0.1, 0.15) is 40.2 Å². The van der Waals surface area contributed by atoms with E-state index in [-0.39, 0.29) is 23.0 Å². The zero-order chi connectivity index (χ0) is 30.6. The second kappa shape index (κ2) is 13.1. The van der Waals surface area contributed by atoms with Crippen LogP contribution < -0.4 is 15.4 Å². The van der Waals surface area contributed by atoms with Gasteiger partial charge < -0.3 is 20.6 Å². The van der Waals surface area contributed by atoms with Crippen molar-refractivity contribution < 1.29 is 31.9 Å². The number of amides is 2. The lowest BCUT2D eigenvalue weighted by Gasteiger charge is -2.33. The van der Waals surface area contributed by atoms with Crippen molar-refractivity contribution in [1.82, 2.24) is 19.9 Å². The number of aryl methyl sites for hydroxylation is 1. The van der Waals surface area contributed by atoms with Crippen LogP contribution in [0.3, 0.4) is 0 Å². The quantitative estimate of drug-likeness (QED) is 0.287. The summed E-state index contributed by atoms with van der Waals surface area (Å²) in [5.74, 6) is -1.92. The van der Waals surface area contributed by atoms with Crippen molar-refractivity contribution in [3.8, 4) is 0 Å². The second-order valence-electron chi connectivity index (χ2n) is 9.84. The van der Waals surface area contributed by atoms with Crippen LogP contribution in [0.25, 0.3) is 0 Å². The van der Waals surface area contributed by atoms with Gasteiger partial charge in [0, 0.05) is 32.0 Å². The largest absolute Gasteiger partial charge is 0.394 e. The van der Waals surface area contributed by atoms with Gasteiger partial charge in [-0.25, -0.2) is 22.2 Å². The molecule has 0 spiro atoms. The number of hydrogen-bond acceptors (Lipinski definition) is 7. The predicted octanol–water partition coefficient (Wildman–Crippen LogP) is 3.47. The number of carbonyl (C=O) groups is 2. The predicted molar refractivity (Wildman–Crippen MR) is 153 cm³/mol. The number of anilines is 2. The van der Waals surface area contributed by atoms with Gasteiger partial charge in [-0.05, 0) is 67.1 Å². The zero-order valence-electron chi connectivity index (χ0n) is 22.8. The molecule has 0 aliphatic carbocycles. The van der Waals surface area contributed by atoms with Crippen molar-refractivity contribution >= 4 is 44.8 Å². The molecule has 0 saturated carbocycles. The van der Waals surface area contributed by atoms with Gasteiger partial charge >= 0.3 is 0 Å². The van der Waals surface area contributed by atoms with E-state index in [1.807, 2.05) is 0 Å². The number of benzene rings is 2. The van der Waals surface area contributed by atoms with Crippen LogP contribution in [0.2, 0.25) is 5.02 Å². The minimum absolute atomic E-state index is 0.0204. The average Bonchev–Trinajstić information content (AvgIpc) is 2.97. The number of pyridine rings is 1. The molecule has 2 aromatic carbocycles. The molecule has 10 nitrogen and oxygen atoms in total. The van der Waals surface area contributed by atoms with Crippen LogP contribution in [-0.2, 0) is 14.8 Å². The van der Waals surface area contributed by atoms with Gasteiger partial charge in [-0.2, -0.15) is 4.72 Å². The van der Waals surface area contributed by atoms with Gasteiger partial charge in [-0.15, -0.1) is 0 Å². The van der Waals surface area contributed by atoms with E-state index in [1.165, 1.54) is 37.4 Å². The van der Waals surface area contributed by atoms with Crippen LogP contribution in [-0.4, -0.2) is 68.0 Å². The van der Waals surface area contributed by atoms with Crippen LogP contribution in [0.15, 0.2) is 53.7 Å². The first-order valence-electron chi connectivity index (χ1n) is 13.1. The first kappa shape index (κ1) is 31.3. The summed E-state index contributed by atoms with van der Waals surface area (Å²) in [4.78, 5) is 31.3. The van der Waals surface area contributed by atoms with Crippen molar-refractivity contribution in [2.24, 2.45) is 0 Å². The van der Waals surface area contributed by atoms with E-state index in [9.17, 15) is 31.9 Å². The highest BCUT2D eigenvalue weighted by Crippen LogP contribution is 2.36. The summed E-state index contributed by atoms with van der Waals surface area (Å²) in [6, 6.07) is 8.62. The number of nitrogens with zero attached hydrogens (tertiary/aromatic N) is 2. The molecule has 1 aromatic heterocycles. The van der Waals surface area contributed by atoms with Crippen LogP contribution in [0.4, 0.5) is 20.2 Å². The van der Waals surface area contributed by atoms with Gasteiger partial charge in [0.2, 0.25) is 5.91 Å². The molecule has 3 aromatic rings. The average molecular weight is 622 g/mol. The van der Waals surface area contributed by atoms with Gasteiger partial charge in [0.1, 0.15) is 22.7 Å². The maximum absolute atomic E-state index is 13.8. The van der Waals surface area contributed by atoms with Gasteiger partial charge in [0.15, 0.2) is 5.03 Å². The molecular weight excluding hydrogens is 592 g/mol. The molecule has 14 heteroatoms. The lowest BCUT2D eigenvalue weighted by atomic mass is 9.89. The van der Waals surface area contributed by atoms with Gasteiger partial charge in [-0.1, -0.05) is 23.7 Å². The molecule has 0 radical (unpaired) electrons. The monoisotopic (exact) mass is 621 g/mol. The number of likely N-dealkylation sites (N-methyl/N-ethyl adjacent to an activating group) is 1. The molecule has 4 rings (SSSR count). The topological polar surface area (TPSA) is 141 Å². The fraction of sp³-hybridized carbons (Fsp3) is 0.321. The highest BCUT2D eigenvalue weighted by atomic mass is 35.5. The summed E-state index contributed by atoms with van der Waals surface area (Å²) in [5.41, 5.74) is 1.70. The standard InChI is InChI=1S/C28H30ClF2N5O5S/c1-16-13-20(31)7-8-22(16)34-25-21(14-33-27(24(25)29)42(40,41)35-23(15-37)26(38)32-2)28(39)36-11-9-18(10-12-36)17-3-5-19(30)6-4-17/h3-8,13-14,18,23,35,37H,9-12,15H2,1-2H3,(H,32,38)(H,33,34). The molecule has 2 heterocycles. The molecule has 1 unspecified atom stereocenters. The Labute approximate surface area is 247 Å². The molecule has 42 heavy (non-hydrogen) atoms. The summed E-state index contributed by atoms with van der Waals surface area (Å²) in [7, 11) is -3.28. The highest BCUT2D eigenvalue weighted by Gasteiger charge is 2.32. The second-order valence-corrected chi connectivity index (χ2v) is 11.8. The summed E-state index contributed by atoms with van der Waals surface area (Å²) in [6.45, 7) is 1.54. The van der Waals surface area contributed by atoms with E-state index in [0.717, 1.165) is 11.8 Å². The maximum atomic E-state index is 13.8. The number of halogens is 3. The van der Waals surface area contributed by atoms with Crippen molar-refractivity contribution in [2.45, 2.75) is 36.8 Å². The van der Waals surface area contributed by atoms with Crippen LogP contribution >= 0.6 is 11.6 Å².